The van der Waals surface area contributed by atoms with Crippen molar-refractivity contribution in [3.05, 3.63) is 35.5 Å². The van der Waals surface area contributed by atoms with Crippen LogP contribution in [0.5, 0.6) is 0 Å². The predicted octanol–water partition coefficient (Wildman–Crippen LogP) is 2.45. The summed E-state index contributed by atoms with van der Waals surface area (Å²) in [6.45, 7) is 4.15. The predicted molar refractivity (Wildman–Crippen MR) is 36.7 cm³/mol. The molecule has 0 aromatic carbocycles. The summed E-state index contributed by atoms with van der Waals surface area (Å²) in [6.07, 6.45) is 8.51. The average molecular weight is 106 g/mol. The molecule has 0 radical (unpaired) electrons. The van der Waals surface area contributed by atoms with Crippen molar-refractivity contribution in [2.75, 3.05) is 0 Å². The summed E-state index contributed by atoms with van der Waals surface area (Å²) in [4.78, 5) is 0. The second-order valence-corrected chi connectivity index (χ2v) is 2.01. The van der Waals surface area contributed by atoms with Gasteiger partial charge in [-0.2, -0.15) is 0 Å². The monoisotopic (exact) mass is 106 g/mol. The van der Waals surface area contributed by atoms with Crippen LogP contribution in [-0.2, 0) is 0 Å². The van der Waals surface area contributed by atoms with Gasteiger partial charge in [0, 0.05) is 0 Å². The van der Waals surface area contributed by atoms with Gasteiger partial charge in [0.05, 0.1) is 0 Å². The topological polar surface area (TPSA) is 0 Å². The largest absolute Gasteiger partial charge is 0.0804 e. The highest BCUT2D eigenvalue weighted by atomic mass is 14.0. The standard InChI is InChI=1S/C8H10/c1-3-8-5-4-7(2)6-8/h3-6H,1-2H3. The van der Waals surface area contributed by atoms with Gasteiger partial charge in [-0.25, -0.2) is 0 Å². The van der Waals surface area contributed by atoms with Crippen LogP contribution in [0.2, 0.25) is 0 Å². The molecule has 42 valence electrons. The first kappa shape index (κ1) is 5.36. The number of allylic oxidation sites excluding steroid dienone is 6. The molecule has 0 fully saturated rings. The summed E-state index contributed by atoms with van der Waals surface area (Å²) < 4.78 is 0. The van der Waals surface area contributed by atoms with Gasteiger partial charge in [-0.3, -0.25) is 0 Å². The van der Waals surface area contributed by atoms with E-state index in [1.165, 1.54) is 11.1 Å². The lowest BCUT2D eigenvalue weighted by molar-refractivity contribution is 1.55. The third-order valence-electron chi connectivity index (χ3n) is 1.27. The van der Waals surface area contributed by atoms with Gasteiger partial charge >= 0.3 is 0 Å². The molecular weight excluding hydrogens is 96.1 g/mol. The molecule has 0 atom stereocenters. The van der Waals surface area contributed by atoms with E-state index in [9.17, 15) is 0 Å². The van der Waals surface area contributed by atoms with Crippen LogP contribution in [0.4, 0.5) is 0 Å². The Hall–Kier alpha value is -0.780. The van der Waals surface area contributed by atoms with Gasteiger partial charge in [0.2, 0.25) is 0 Å². The van der Waals surface area contributed by atoms with Gasteiger partial charge in [0.1, 0.15) is 0 Å². The third kappa shape index (κ3) is 0.890. The number of hydrogen-bond acceptors (Lipinski definition) is 0. The van der Waals surface area contributed by atoms with E-state index in [1.54, 1.807) is 0 Å². The Bertz CT molecular complexity index is 168. The normalized spacial score (nSPS) is 22.2. The molecule has 0 N–H and O–H groups in total. The highest BCUT2D eigenvalue weighted by molar-refractivity contribution is 5.44. The van der Waals surface area contributed by atoms with Gasteiger partial charge in [-0.15, -0.1) is 0 Å². The van der Waals surface area contributed by atoms with Crippen molar-refractivity contribution < 1.29 is 0 Å². The molecule has 8 heavy (non-hydrogen) atoms. The molecule has 0 saturated carbocycles. The lowest BCUT2D eigenvalue weighted by atomic mass is 10.3. The second-order valence-electron chi connectivity index (χ2n) is 2.01. The maximum atomic E-state index is 2.17. The SMILES string of the molecule is CC=C1C=CC(C)=C1. The van der Waals surface area contributed by atoms with Crippen LogP contribution in [-0.4, -0.2) is 0 Å². The molecule has 0 heterocycles. The molecule has 0 aromatic rings. The van der Waals surface area contributed by atoms with E-state index in [2.05, 4.69) is 38.2 Å². The van der Waals surface area contributed by atoms with Crippen LogP contribution in [0.15, 0.2) is 35.5 Å². The van der Waals surface area contributed by atoms with Gasteiger partial charge in [-0.1, -0.05) is 29.9 Å². The fourth-order valence-electron chi connectivity index (χ4n) is 0.766. The van der Waals surface area contributed by atoms with Crippen molar-refractivity contribution >= 4 is 0 Å². The van der Waals surface area contributed by atoms with E-state index in [-0.39, 0.29) is 0 Å². The van der Waals surface area contributed by atoms with Crippen LogP contribution in [0.25, 0.3) is 0 Å². The van der Waals surface area contributed by atoms with Crippen molar-refractivity contribution in [2.45, 2.75) is 13.8 Å². The zero-order valence-corrected chi connectivity index (χ0v) is 5.31. The highest BCUT2D eigenvalue weighted by Crippen LogP contribution is 2.12. The summed E-state index contributed by atoms with van der Waals surface area (Å²) >= 11 is 0. The quantitative estimate of drug-likeness (QED) is 0.445. The summed E-state index contributed by atoms with van der Waals surface area (Å²) in [7, 11) is 0. The molecule has 0 saturated heterocycles. The van der Waals surface area contributed by atoms with Gasteiger partial charge in [-0.05, 0) is 19.4 Å². The van der Waals surface area contributed by atoms with Gasteiger partial charge in [0.25, 0.3) is 0 Å². The molecule has 0 amide bonds. The average Bonchev–Trinajstić information content (AvgIpc) is 2.14. The maximum Gasteiger partial charge on any atom is -0.0297 e. The Morgan fingerprint density at radius 1 is 1.38 bits per heavy atom. The maximum absolute atomic E-state index is 2.17. The van der Waals surface area contributed by atoms with E-state index in [0.29, 0.717) is 0 Å². The summed E-state index contributed by atoms with van der Waals surface area (Å²) in [6, 6.07) is 0. The van der Waals surface area contributed by atoms with Crippen LogP contribution in [0.1, 0.15) is 13.8 Å². The highest BCUT2D eigenvalue weighted by Gasteiger charge is 1.92. The molecule has 0 spiro atoms. The second kappa shape index (κ2) is 1.99. The molecular formula is C8H10. The minimum atomic E-state index is 1.32. The fourth-order valence-corrected chi connectivity index (χ4v) is 0.766. The number of rotatable bonds is 0. The molecule has 0 aromatic heterocycles. The van der Waals surface area contributed by atoms with Crippen LogP contribution < -0.4 is 0 Å². The molecule has 0 bridgehead atoms. The third-order valence-corrected chi connectivity index (χ3v) is 1.27. The van der Waals surface area contributed by atoms with Gasteiger partial charge < -0.3 is 0 Å². The zero-order chi connectivity index (χ0) is 5.98. The van der Waals surface area contributed by atoms with Crippen LogP contribution in [0, 0.1) is 0 Å². The smallest absolute Gasteiger partial charge is 0.0297 e. The van der Waals surface area contributed by atoms with Crippen molar-refractivity contribution in [1.82, 2.24) is 0 Å². The minimum Gasteiger partial charge on any atom is -0.0804 e. The number of hydrogen-bond donors (Lipinski definition) is 0. The first-order valence-electron chi connectivity index (χ1n) is 2.85. The van der Waals surface area contributed by atoms with Crippen LogP contribution in [0.3, 0.4) is 0 Å². The van der Waals surface area contributed by atoms with E-state index in [0.717, 1.165) is 0 Å². The summed E-state index contributed by atoms with van der Waals surface area (Å²) in [5.41, 5.74) is 2.67. The Labute approximate surface area is 50.2 Å². The van der Waals surface area contributed by atoms with Crippen LogP contribution >= 0.6 is 0 Å². The van der Waals surface area contributed by atoms with Crippen molar-refractivity contribution in [3.63, 3.8) is 0 Å². The molecule has 0 nitrogen and oxygen atoms in total. The minimum absolute atomic E-state index is 1.32. The molecule has 1 aliphatic carbocycles. The zero-order valence-electron chi connectivity index (χ0n) is 5.31. The van der Waals surface area contributed by atoms with E-state index in [4.69, 9.17) is 0 Å². The Morgan fingerprint density at radius 2 is 2.12 bits per heavy atom. The first-order valence-corrected chi connectivity index (χ1v) is 2.85. The van der Waals surface area contributed by atoms with Crippen molar-refractivity contribution in [2.24, 2.45) is 0 Å². The van der Waals surface area contributed by atoms with Crippen molar-refractivity contribution in [3.8, 4) is 0 Å². The van der Waals surface area contributed by atoms with E-state index < -0.39 is 0 Å². The molecule has 1 aliphatic rings. The molecule has 1 rings (SSSR count). The molecule has 0 aliphatic heterocycles. The van der Waals surface area contributed by atoms with E-state index in [1.807, 2.05) is 0 Å². The van der Waals surface area contributed by atoms with Gasteiger partial charge in [0.15, 0.2) is 0 Å². The Morgan fingerprint density at radius 3 is 2.38 bits per heavy atom. The molecule has 0 unspecified atom stereocenters. The lowest BCUT2D eigenvalue weighted by Gasteiger charge is -1.80. The first-order chi connectivity index (χ1) is 3.83. The summed E-state index contributed by atoms with van der Waals surface area (Å²) in [5.74, 6) is 0. The summed E-state index contributed by atoms with van der Waals surface area (Å²) in [5, 5.41) is 0. The Balaban J connectivity index is 2.84. The molecule has 0 heteroatoms. The lowest BCUT2D eigenvalue weighted by Crippen LogP contribution is -1.60. The van der Waals surface area contributed by atoms with Crippen molar-refractivity contribution in [1.29, 1.82) is 0 Å². The Kier molecular flexibility index (Phi) is 1.34. The fraction of sp³-hybridized carbons (Fsp3) is 0.250. The van der Waals surface area contributed by atoms with E-state index >= 15 is 0 Å².